The molecule has 1 fully saturated rings. The van der Waals surface area contributed by atoms with Crippen LogP contribution in [-0.4, -0.2) is 18.4 Å². The van der Waals surface area contributed by atoms with Gasteiger partial charge in [-0.25, -0.2) is 0 Å². The zero-order valence-corrected chi connectivity index (χ0v) is 13.8. The van der Waals surface area contributed by atoms with Gasteiger partial charge in [-0.1, -0.05) is 42.5 Å². The van der Waals surface area contributed by atoms with Crippen molar-refractivity contribution in [3.8, 4) is 0 Å². The number of hydrogen-bond acceptors (Lipinski definition) is 2. The highest BCUT2D eigenvalue weighted by Gasteiger charge is 2.56. The molecule has 0 heterocycles. The molecule has 0 radical (unpaired) electrons. The van der Waals surface area contributed by atoms with Crippen LogP contribution >= 0.6 is 0 Å². The van der Waals surface area contributed by atoms with Crippen molar-refractivity contribution >= 4 is 17.5 Å². The fourth-order valence-corrected chi connectivity index (χ4v) is 2.79. The summed E-state index contributed by atoms with van der Waals surface area (Å²) in [6.07, 6.45) is 1.99. The molecule has 0 spiro atoms. The van der Waals surface area contributed by atoms with Gasteiger partial charge in [0.05, 0.1) is 0 Å². The van der Waals surface area contributed by atoms with Crippen LogP contribution < -0.4 is 10.6 Å². The summed E-state index contributed by atoms with van der Waals surface area (Å²) in [4.78, 5) is 25.0. The highest BCUT2D eigenvalue weighted by molar-refractivity contribution is 6.13. The number of benzene rings is 2. The minimum absolute atomic E-state index is 0.163. The van der Waals surface area contributed by atoms with Crippen LogP contribution in [0.4, 0.5) is 5.69 Å². The zero-order chi connectivity index (χ0) is 17.0. The molecule has 2 N–H and O–H groups in total. The van der Waals surface area contributed by atoms with Gasteiger partial charge < -0.3 is 10.6 Å². The largest absolute Gasteiger partial charge is 0.355 e. The maximum atomic E-state index is 12.5. The summed E-state index contributed by atoms with van der Waals surface area (Å²) in [5.74, 6) is -0.367. The molecular weight excluding hydrogens is 300 g/mol. The number of anilines is 1. The number of aryl methyl sites for hydroxylation is 1. The van der Waals surface area contributed by atoms with E-state index in [0.29, 0.717) is 19.4 Å². The Labute approximate surface area is 142 Å². The Hall–Kier alpha value is -2.62. The van der Waals surface area contributed by atoms with Crippen molar-refractivity contribution in [2.75, 3.05) is 11.9 Å². The molecule has 3 rings (SSSR count). The van der Waals surface area contributed by atoms with Gasteiger partial charge >= 0.3 is 0 Å². The average Bonchev–Trinajstić information content (AvgIpc) is 3.38. The van der Waals surface area contributed by atoms with E-state index >= 15 is 0 Å². The maximum absolute atomic E-state index is 12.5. The van der Waals surface area contributed by atoms with E-state index in [4.69, 9.17) is 0 Å². The third-order valence-corrected chi connectivity index (χ3v) is 4.44. The summed E-state index contributed by atoms with van der Waals surface area (Å²) in [5, 5.41) is 5.79. The zero-order valence-electron chi connectivity index (χ0n) is 13.8. The summed E-state index contributed by atoms with van der Waals surface area (Å²) < 4.78 is 0. The van der Waals surface area contributed by atoms with Crippen LogP contribution in [-0.2, 0) is 16.0 Å². The molecule has 24 heavy (non-hydrogen) atoms. The molecule has 2 amide bonds. The quantitative estimate of drug-likeness (QED) is 0.803. The van der Waals surface area contributed by atoms with Crippen LogP contribution in [0.15, 0.2) is 54.6 Å². The van der Waals surface area contributed by atoms with Crippen molar-refractivity contribution in [2.24, 2.45) is 5.41 Å². The van der Waals surface area contributed by atoms with Crippen molar-refractivity contribution < 1.29 is 9.59 Å². The molecule has 1 aliphatic rings. The molecule has 1 aliphatic carbocycles. The third-order valence-electron chi connectivity index (χ3n) is 4.44. The number of nitrogens with one attached hydrogen (secondary N) is 2. The Kier molecular flexibility index (Phi) is 4.65. The lowest BCUT2D eigenvalue weighted by Gasteiger charge is -2.15. The van der Waals surface area contributed by atoms with Crippen LogP contribution in [0.25, 0.3) is 0 Å². The molecule has 4 nitrogen and oxygen atoms in total. The predicted molar refractivity (Wildman–Crippen MR) is 94.6 cm³/mol. The molecule has 2 aromatic carbocycles. The molecular formula is C20H22N2O2. The standard InChI is InChI=1S/C20H22N2O2/c1-15-6-5-9-17(14-15)22-19(24)20(11-12-20)18(23)21-13-10-16-7-3-2-4-8-16/h2-9,14H,10-13H2,1H3,(H,21,23)(H,22,24). The van der Waals surface area contributed by atoms with E-state index in [1.54, 1.807) is 0 Å². The molecule has 0 aromatic heterocycles. The normalized spacial score (nSPS) is 14.7. The Balaban J connectivity index is 1.54. The molecule has 0 aliphatic heterocycles. The number of amides is 2. The van der Waals surface area contributed by atoms with E-state index in [2.05, 4.69) is 10.6 Å². The minimum atomic E-state index is -0.888. The van der Waals surface area contributed by atoms with E-state index < -0.39 is 5.41 Å². The van der Waals surface area contributed by atoms with Gasteiger partial charge in [0.15, 0.2) is 0 Å². The molecule has 4 heteroatoms. The second-order valence-corrected chi connectivity index (χ2v) is 6.40. The van der Waals surface area contributed by atoms with Gasteiger partial charge in [-0.2, -0.15) is 0 Å². The number of rotatable bonds is 6. The minimum Gasteiger partial charge on any atom is -0.355 e. The summed E-state index contributed by atoms with van der Waals surface area (Å²) in [6.45, 7) is 2.52. The van der Waals surface area contributed by atoms with E-state index in [9.17, 15) is 9.59 Å². The number of carbonyl (C=O) groups excluding carboxylic acids is 2. The Morgan fingerprint density at radius 2 is 1.75 bits per heavy atom. The SMILES string of the molecule is Cc1cccc(NC(=O)C2(C(=O)NCCc3ccccc3)CC2)c1. The smallest absolute Gasteiger partial charge is 0.240 e. The average molecular weight is 322 g/mol. The topological polar surface area (TPSA) is 58.2 Å². The second kappa shape index (κ2) is 6.87. The first-order valence-corrected chi connectivity index (χ1v) is 8.30. The fourth-order valence-electron chi connectivity index (χ4n) is 2.79. The molecule has 124 valence electrons. The number of hydrogen-bond donors (Lipinski definition) is 2. The number of carbonyl (C=O) groups is 2. The van der Waals surface area contributed by atoms with E-state index in [1.807, 2.05) is 61.5 Å². The van der Waals surface area contributed by atoms with Crippen molar-refractivity contribution in [3.63, 3.8) is 0 Å². The predicted octanol–water partition coefficient (Wildman–Crippen LogP) is 3.07. The van der Waals surface area contributed by atoms with Gasteiger partial charge in [0.2, 0.25) is 11.8 Å². The monoisotopic (exact) mass is 322 g/mol. The molecule has 1 saturated carbocycles. The molecule has 0 bridgehead atoms. The first-order chi connectivity index (χ1) is 11.6. The lowest BCUT2D eigenvalue weighted by Crippen LogP contribution is -2.40. The van der Waals surface area contributed by atoms with Crippen LogP contribution in [0.2, 0.25) is 0 Å². The molecule has 0 atom stereocenters. The Bertz CT molecular complexity index is 736. The summed E-state index contributed by atoms with van der Waals surface area (Å²) in [6, 6.07) is 17.6. The van der Waals surface area contributed by atoms with Crippen LogP contribution in [0.3, 0.4) is 0 Å². The van der Waals surface area contributed by atoms with Crippen molar-refractivity contribution in [1.82, 2.24) is 5.32 Å². The van der Waals surface area contributed by atoms with Gasteiger partial charge in [0.1, 0.15) is 5.41 Å². The van der Waals surface area contributed by atoms with E-state index in [-0.39, 0.29) is 11.8 Å². The van der Waals surface area contributed by atoms with Crippen LogP contribution in [0.1, 0.15) is 24.0 Å². The second-order valence-electron chi connectivity index (χ2n) is 6.40. The molecule has 2 aromatic rings. The highest BCUT2D eigenvalue weighted by atomic mass is 16.2. The van der Waals surface area contributed by atoms with Crippen LogP contribution in [0, 0.1) is 12.3 Å². The van der Waals surface area contributed by atoms with E-state index in [0.717, 1.165) is 17.7 Å². The summed E-state index contributed by atoms with van der Waals surface area (Å²) in [5.41, 5.74) is 2.10. The molecule has 0 unspecified atom stereocenters. The van der Waals surface area contributed by atoms with Gasteiger partial charge in [-0.05, 0) is 49.4 Å². The first-order valence-electron chi connectivity index (χ1n) is 8.30. The maximum Gasteiger partial charge on any atom is 0.240 e. The van der Waals surface area contributed by atoms with Crippen molar-refractivity contribution in [3.05, 3.63) is 65.7 Å². The van der Waals surface area contributed by atoms with Gasteiger partial charge in [0, 0.05) is 12.2 Å². The van der Waals surface area contributed by atoms with Crippen molar-refractivity contribution in [1.29, 1.82) is 0 Å². The van der Waals surface area contributed by atoms with E-state index in [1.165, 1.54) is 5.56 Å². The van der Waals surface area contributed by atoms with Crippen molar-refractivity contribution in [2.45, 2.75) is 26.2 Å². The fraction of sp³-hybridized carbons (Fsp3) is 0.300. The summed E-state index contributed by atoms with van der Waals surface area (Å²) in [7, 11) is 0. The van der Waals surface area contributed by atoms with Gasteiger partial charge in [-0.3, -0.25) is 9.59 Å². The lowest BCUT2D eigenvalue weighted by atomic mass is 10.0. The Morgan fingerprint density at radius 1 is 1.00 bits per heavy atom. The summed E-state index contributed by atoms with van der Waals surface area (Å²) >= 11 is 0. The van der Waals surface area contributed by atoms with Gasteiger partial charge in [0.25, 0.3) is 0 Å². The van der Waals surface area contributed by atoms with Gasteiger partial charge in [-0.15, -0.1) is 0 Å². The third kappa shape index (κ3) is 3.65. The lowest BCUT2D eigenvalue weighted by molar-refractivity contribution is -0.134. The Morgan fingerprint density at radius 3 is 2.42 bits per heavy atom. The van der Waals surface area contributed by atoms with Crippen LogP contribution in [0.5, 0.6) is 0 Å². The highest BCUT2D eigenvalue weighted by Crippen LogP contribution is 2.46. The first kappa shape index (κ1) is 16.2. The molecule has 0 saturated heterocycles.